The maximum Gasteiger partial charge on any atom is 0.305 e. The minimum absolute atomic E-state index is 0.00213. The normalized spacial score (nSPS) is 53.4. The van der Waals surface area contributed by atoms with E-state index in [9.17, 15) is 35.1 Å². The molecule has 5 N–H and O–H groups in total. The molecule has 4 saturated carbocycles. The highest BCUT2D eigenvalue weighted by atomic mass is 16.6. The Morgan fingerprint density at radius 3 is 2.12 bits per heavy atom. The van der Waals surface area contributed by atoms with Crippen molar-refractivity contribution in [2.45, 2.75) is 115 Å². The maximum absolute atomic E-state index is 12.5. The zero-order valence-electron chi connectivity index (χ0n) is 20.9. The molecule has 4 aliphatic carbocycles. The van der Waals surface area contributed by atoms with Crippen molar-refractivity contribution in [1.82, 2.24) is 0 Å². The molecule has 0 aromatic rings. The van der Waals surface area contributed by atoms with Crippen LogP contribution >= 0.6 is 0 Å². The van der Waals surface area contributed by atoms with E-state index in [2.05, 4.69) is 0 Å². The Hall–Kier alpha value is -1.26. The van der Waals surface area contributed by atoms with Crippen molar-refractivity contribution < 1.29 is 44.6 Å². The molecule has 1 spiro atoms. The van der Waals surface area contributed by atoms with Crippen LogP contribution in [0.5, 0.6) is 0 Å². The molecule has 0 saturated heterocycles. The summed E-state index contributed by atoms with van der Waals surface area (Å²) < 4.78 is 11.5. The van der Waals surface area contributed by atoms with E-state index in [1.165, 1.54) is 6.92 Å². The number of fused-ring (bicyclic) bond motifs is 2. The smallest absolute Gasteiger partial charge is 0.305 e. The van der Waals surface area contributed by atoms with Gasteiger partial charge < -0.3 is 35.0 Å². The number of carbonyl (C=O) groups excluding carboxylic acids is 2. The van der Waals surface area contributed by atoms with Crippen LogP contribution in [0, 0.1) is 28.6 Å². The quantitative estimate of drug-likeness (QED) is 0.364. The number of esters is 2. The Morgan fingerprint density at radius 1 is 0.941 bits per heavy atom. The third-order valence-corrected chi connectivity index (χ3v) is 10.2. The lowest BCUT2D eigenvalue weighted by molar-refractivity contribution is -0.235. The maximum atomic E-state index is 12.5. The van der Waals surface area contributed by atoms with E-state index in [0.29, 0.717) is 12.8 Å². The summed E-state index contributed by atoms with van der Waals surface area (Å²) in [5, 5.41) is 58.9. The van der Waals surface area contributed by atoms with E-state index in [1.54, 1.807) is 34.6 Å². The summed E-state index contributed by atoms with van der Waals surface area (Å²) >= 11 is 0. The second kappa shape index (κ2) is 7.62. The van der Waals surface area contributed by atoms with Gasteiger partial charge in [-0.15, -0.1) is 0 Å². The third kappa shape index (κ3) is 3.03. The van der Waals surface area contributed by atoms with Crippen LogP contribution in [0.1, 0.15) is 73.6 Å². The van der Waals surface area contributed by atoms with Crippen molar-refractivity contribution in [2.24, 2.45) is 28.6 Å². The van der Waals surface area contributed by atoms with Gasteiger partial charge in [-0.25, -0.2) is 0 Å². The van der Waals surface area contributed by atoms with E-state index >= 15 is 0 Å². The molecule has 194 valence electrons. The van der Waals surface area contributed by atoms with Gasteiger partial charge in [0.25, 0.3) is 0 Å². The first kappa shape index (κ1) is 25.8. The molecule has 0 radical (unpaired) electrons. The van der Waals surface area contributed by atoms with Crippen LogP contribution in [0.25, 0.3) is 0 Å². The average molecular weight is 485 g/mol. The molecule has 0 aromatic carbocycles. The van der Waals surface area contributed by atoms with Gasteiger partial charge in [-0.3, -0.25) is 9.59 Å². The molecule has 0 amide bonds. The number of aliphatic hydroxyl groups is 5. The van der Waals surface area contributed by atoms with Gasteiger partial charge in [0.15, 0.2) is 6.10 Å². The summed E-state index contributed by atoms with van der Waals surface area (Å²) in [6, 6.07) is 0. The van der Waals surface area contributed by atoms with Gasteiger partial charge in [-0.1, -0.05) is 20.8 Å². The summed E-state index contributed by atoms with van der Waals surface area (Å²) in [5.41, 5.74) is -7.56. The summed E-state index contributed by atoms with van der Waals surface area (Å²) in [7, 11) is 0. The van der Waals surface area contributed by atoms with E-state index in [0.717, 1.165) is 0 Å². The van der Waals surface area contributed by atoms with E-state index in [4.69, 9.17) is 9.47 Å². The summed E-state index contributed by atoms with van der Waals surface area (Å²) in [6.45, 7) is 9.30. The average Bonchev–Trinajstić information content (AvgIpc) is 2.97. The number of hydrogen-bond acceptors (Lipinski definition) is 9. The molecule has 4 rings (SSSR count). The Bertz CT molecular complexity index is 866. The number of ether oxygens (including phenoxy) is 2. The monoisotopic (exact) mass is 484 g/mol. The molecule has 9 heteroatoms. The predicted octanol–water partition coefficient (Wildman–Crippen LogP) is 0.671. The van der Waals surface area contributed by atoms with Crippen LogP contribution in [-0.2, 0) is 19.1 Å². The molecule has 2 bridgehead atoms. The van der Waals surface area contributed by atoms with Gasteiger partial charge in [0, 0.05) is 36.0 Å². The lowest BCUT2D eigenvalue weighted by Crippen LogP contribution is -2.65. The van der Waals surface area contributed by atoms with Gasteiger partial charge in [0.2, 0.25) is 0 Å². The third-order valence-electron chi connectivity index (χ3n) is 10.2. The molecule has 9 nitrogen and oxygen atoms in total. The van der Waals surface area contributed by atoms with Crippen molar-refractivity contribution in [3.63, 3.8) is 0 Å². The van der Waals surface area contributed by atoms with E-state index in [-0.39, 0.29) is 19.3 Å². The summed E-state index contributed by atoms with van der Waals surface area (Å²) in [5.74, 6) is -3.37. The second-order valence-electron chi connectivity index (χ2n) is 12.2. The van der Waals surface area contributed by atoms with Gasteiger partial charge in [-0.2, -0.15) is 0 Å². The van der Waals surface area contributed by atoms with Crippen LogP contribution in [0.15, 0.2) is 0 Å². The van der Waals surface area contributed by atoms with Crippen molar-refractivity contribution in [2.75, 3.05) is 0 Å². The zero-order chi connectivity index (χ0) is 25.6. The number of aliphatic hydroxyl groups excluding tert-OH is 2. The van der Waals surface area contributed by atoms with Crippen LogP contribution in [0.2, 0.25) is 0 Å². The summed E-state index contributed by atoms with van der Waals surface area (Å²) in [6.07, 6.45) is -4.08. The van der Waals surface area contributed by atoms with Crippen LogP contribution in [-0.4, -0.2) is 78.7 Å². The molecule has 11 atom stereocenters. The first-order valence-corrected chi connectivity index (χ1v) is 12.4. The highest BCUT2D eigenvalue weighted by Gasteiger charge is 2.80. The lowest BCUT2D eigenvalue weighted by Gasteiger charge is -2.53. The number of carbonyl (C=O) groups is 2. The predicted molar refractivity (Wildman–Crippen MR) is 119 cm³/mol. The summed E-state index contributed by atoms with van der Waals surface area (Å²) in [4.78, 5) is 24.7. The lowest BCUT2D eigenvalue weighted by atomic mass is 9.56. The van der Waals surface area contributed by atoms with Crippen LogP contribution < -0.4 is 0 Å². The largest absolute Gasteiger partial charge is 0.461 e. The van der Waals surface area contributed by atoms with Crippen molar-refractivity contribution in [3.8, 4) is 0 Å². The zero-order valence-corrected chi connectivity index (χ0v) is 20.9. The first-order chi connectivity index (χ1) is 15.5. The van der Waals surface area contributed by atoms with E-state index < -0.39 is 81.7 Å². The Labute approximate surface area is 200 Å². The van der Waals surface area contributed by atoms with Crippen molar-refractivity contribution in [1.29, 1.82) is 0 Å². The standard InChI is InChI=1S/C25H40O9/c1-7-17(28)34-19-13-8-9-14-23(6,31)15-10-16(27)21(3,4)25(15,32)20(33-12(2)26)18(29)24(14,19)11-22(13,5)30/h13-16,18-20,27,29-32H,7-11H2,1-6H3/t13-,14+,15+,16+,18-,19-,20-,22-,23-,24+,25+/m1/s1. The minimum atomic E-state index is -1.99. The molecular weight excluding hydrogens is 444 g/mol. The molecule has 0 unspecified atom stereocenters. The van der Waals surface area contributed by atoms with Crippen LogP contribution in [0.4, 0.5) is 0 Å². The van der Waals surface area contributed by atoms with Crippen molar-refractivity contribution in [3.05, 3.63) is 0 Å². The topological polar surface area (TPSA) is 154 Å². The van der Waals surface area contributed by atoms with E-state index in [1.807, 2.05) is 0 Å². The number of hydrogen-bond donors (Lipinski definition) is 5. The minimum Gasteiger partial charge on any atom is -0.461 e. The highest BCUT2D eigenvalue weighted by Crippen LogP contribution is 2.70. The van der Waals surface area contributed by atoms with Gasteiger partial charge in [0.1, 0.15) is 17.8 Å². The molecule has 0 aromatic heterocycles. The molecular formula is C25H40O9. The fourth-order valence-electron chi connectivity index (χ4n) is 8.44. The van der Waals surface area contributed by atoms with Gasteiger partial charge in [0.05, 0.1) is 17.3 Å². The fourth-order valence-corrected chi connectivity index (χ4v) is 8.44. The van der Waals surface area contributed by atoms with Gasteiger partial charge >= 0.3 is 11.9 Å². The Kier molecular flexibility index (Phi) is 5.79. The molecule has 4 fully saturated rings. The first-order valence-electron chi connectivity index (χ1n) is 12.4. The Balaban J connectivity index is 1.99. The molecule has 34 heavy (non-hydrogen) atoms. The fraction of sp³-hybridized carbons (Fsp3) is 0.920. The second-order valence-corrected chi connectivity index (χ2v) is 12.2. The number of rotatable bonds is 3. The Morgan fingerprint density at radius 2 is 1.56 bits per heavy atom. The highest BCUT2D eigenvalue weighted by molar-refractivity contribution is 5.69. The molecule has 4 aliphatic rings. The van der Waals surface area contributed by atoms with Gasteiger partial charge in [-0.05, 0) is 45.4 Å². The molecule has 0 aliphatic heterocycles. The van der Waals surface area contributed by atoms with Crippen molar-refractivity contribution >= 4 is 11.9 Å². The SMILES string of the molecule is CCC(=O)O[C@@H]1[C@H]2CC[C@H]3[C@@](C)(O)[C@@H]4C[C@H](O)C(C)(C)[C@@]4(O)[C@H](OC(C)=O)[C@@H](O)[C@@]13C[C@@]2(C)O. The van der Waals surface area contributed by atoms with Crippen LogP contribution in [0.3, 0.4) is 0 Å². The molecule has 0 heterocycles.